The number of unbranched alkanes of at least 4 members (excludes halogenated alkanes) is 1. The lowest BCUT2D eigenvalue weighted by Gasteiger charge is -2.29. The van der Waals surface area contributed by atoms with Crippen molar-refractivity contribution < 1.29 is 31.4 Å². The quantitative estimate of drug-likeness (QED) is 0.408. The SMILES string of the molecule is CCCCC1COC(CCc2ccc3c(F)c(C#CC(F)(F)F)c(F)cc3c2)OC1. The van der Waals surface area contributed by atoms with Gasteiger partial charge in [0.25, 0.3) is 0 Å². The first-order chi connectivity index (χ1) is 14.3. The fourth-order valence-corrected chi connectivity index (χ4v) is 3.48. The Balaban J connectivity index is 1.67. The van der Waals surface area contributed by atoms with Crippen molar-refractivity contribution in [3.05, 3.63) is 47.0 Å². The van der Waals surface area contributed by atoms with Gasteiger partial charge in [-0.15, -0.1) is 0 Å². The topological polar surface area (TPSA) is 18.5 Å². The predicted octanol–water partition coefficient (Wildman–Crippen LogP) is 6.14. The first-order valence-electron chi connectivity index (χ1n) is 10.0. The first kappa shape index (κ1) is 22.5. The number of benzene rings is 2. The second-order valence-corrected chi connectivity index (χ2v) is 7.49. The molecule has 0 unspecified atom stereocenters. The number of ether oxygens (including phenoxy) is 2. The minimum Gasteiger partial charge on any atom is -0.352 e. The summed E-state index contributed by atoms with van der Waals surface area (Å²) in [4.78, 5) is 0. The molecular weight excluding hydrogens is 403 g/mol. The third-order valence-electron chi connectivity index (χ3n) is 5.09. The molecule has 0 radical (unpaired) electrons. The monoisotopic (exact) mass is 426 g/mol. The van der Waals surface area contributed by atoms with Crippen molar-refractivity contribution in [2.75, 3.05) is 13.2 Å². The molecule has 1 saturated heterocycles. The number of alkyl halides is 3. The van der Waals surface area contributed by atoms with E-state index >= 15 is 0 Å². The molecule has 2 aromatic rings. The smallest absolute Gasteiger partial charge is 0.352 e. The maximum atomic E-state index is 14.5. The van der Waals surface area contributed by atoms with Crippen molar-refractivity contribution in [3.8, 4) is 11.8 Å². The highest BCUT2D eigenvalue weighted by atomic mass is 19.4. The molecule has 2 aromatic carbocycles. The Hall–Kier alpha value is -2.17. The molecule has 1 heterocycles. The van der Waals surface area contributed by atoms with Gasteiger partial charge in [-0.2, -0.15) is 13.2 Å². The summed E-state index contributed by atoms with van der Waals surface area (Å²) in [5.74, 6) is 0.670. The summed E-state index contributed by atoms with van der Waals surface area (Å²) >= 11 is 0. The highest BCUT2D eigenvalue weighted by molar-refractivity contribution is 5.85. The molecule has 0 spiro atoms. The summed E-state index contributed by atoms with van der Waals surface area (Å²) in [7, 11) is 0. The molecule has 0 aliphatic carbocycles. The minimum absolute atomic E-state index is 0.0237. The van der Waals surface area contributed by atoms with Crippen molar-refractivity contribution in [1.29, 1.82) is 0 Å². The lowest BCUT2D eigenvalue weighted by Crippen LogP contribution is -2.32. The van der Waals surface area contributed by atoms with E-state index in [1.54, 1.807) is 18.1 Å². The van der Waals surface area contributed by atoms with Crippen LogP contribution in [0.5, 0.6) is 0 Å². The third kappa shape index (κ3) is 5.93. The van der Waals surface area contributed by atoms with Gasteiger partial charge in [0.15, 0.2) is 6.29 Å². The van der Waals surface area contributed by atoms with Crippen molar-refractivity contribution in [1.82, 2.24) is 0 Å². The zero-order valence-corrected chi connectivity index (χ0v) is 16.6. The first-order valence-corrected chi connectivity index (χ1v) is 10.0. The van der Waals surface area contributed by atoms with E-state index in [2.05, 4.69) is 6.92 Å². The van der Waals surface area contributed by atoms with E-state index in [9.17, 15) is 22.0 Å². The van der Waals surface area contributed by atoms with Gasteiger partial charge in [0, 0.05) is 23.6 Å². The summed E-state index contributed by atoms with van der Waals surface area (Å²) in [6.45, 7) is 3.48. The molecule has 3 rings (SSSR count). The van der Waals surface area contributed by atoms with Gasteiger partial charge in [-0.3, -0.25) is 0 Å². The molecule has 7 heteroatoms. The second kappa shape index (κ2) is 9.76. The maximum absolute atomic E-state index is 14.5. The summed E-state index contributed by atoms with van der Waals surface area (Å²) in [6, 6.07) is 5.72. The molecule has 1 aliphatic rings. The van der Waals surface area contributed by atoms with Crippen molar-refractivity contribution in [2.24, 2.45) is 5.92 Å². The van der Waals surface area contributed by atoms with Crippen LogP contribution < -0.4 is 0 Å². The fraction of sp³-hybridized carbons (Fsp3) is 0.478. The zero-order chi connectivity index (χ0) is 21.7. The Morgan fingerprint density at radius 3 is 2.47 bits per heavy atom. The molecule has 0 aromatic heterocycles. The van der Waals surface area contributed by atoms with E-state index in [1.807, 2.05) is 0 Å². The Labute approximate surface area is 172 Å². The number of halogens is 5. The lowest BCUT2D eigenvalue weighted by molar-refractivity contribution is -0.203. The highest BCUT2D eigenvalue weighted by Crippen LogP contribution is 2.26. The van der Waals surface area contributed by atoms with Gasteiger partial charge < -0.3 is 9.47 Å². The largest absolute Gasteiger partial charge is 0.458 e. The normalized spacial score (nSPS) is 19.5. The van der Waals surface area contributed by atoms with Crippen LogP contribution in [-0.4, -0.2) is 25.7 Å². The number of hydrogen-bond acceptors (Lipinski definition) is 2. The van der Waals surface area contributed by atoms with Crippen LogP contribution >= 0.6 is 0 Å². The van der Waals surface area contributed by atoms with E-state index in [1.165, 1.54) is 6.07 Å². The lowest BCUT2D eigenvalue weighted by atomic mass is 10.0. The third-order valence-corrected chi connectivity index (χ3v) is 5.09. The summed E-state index contributed by atoms with van der Waals surface area (Å²) in [6.07, 6.45) is -0.579. The van der Waals surface area contributed by atoms with Crippen LogP contribution in [0.3, 0.4) is 0 Å². The minimum atomic E-state index is -4.82. The molecule has 162 valence electrons. The zero-order valence-electron chi connectivity index (χ0n) is 16.6. The molecule has 1 fully saturated rings. The van der Waals surface area contributed by atoms with Crippen LogP contribution in [0.1, 0.15) is 43.7 Å². The molecular formula is C23H23F5O2. The van der Waals surface area contributed by atoms with Crippen molar-refractivity contribution in [2.45, 2.75) is 51.5 Å². The maximum Gasteiger partial charge on any atom is 0.458 e. The highest BCUT2D eigenvalue weighted by Gasteiger charge is 2.24. The summed E-state index contributed by atoms with van der Waals surface area (Å²) in [5.41, 5.74) is -0.0510. The van der Waals surface area contributed by atoms with Gasteiger partial charge in [-0.05, 0) is 29.9 Å². The van der Waals surface area contributed by atoms with E-state index < -0.39 is 23.4 Å². The fourth-order valence-electron chi connectivity index (χ4n) is 3.48. The van der Waals surface area contributed by atoms with E-state index in [0.29, 0.717) is 32.0 Å². The molecule has 0 bridgehead atoms. The number of fused-ring (bicyclic) bond motifs is 1. The Kier molecular flexibility index (Phi) is 7.32. The van der Waals surface area contributed by atoms with Crippen LogP contribution in [0.25, 0.3) is 10.8 Å². The predicted molar refractivity (Wildman–Crippen MR) is 104 cm³/mol. The molecule has 0 saturated carbocycles. The van der Waals surface area contributed by atoms with Gasteiger partial charge >= 0.3 is 6.18 Å². The van der Waals surface area contributed by atoms with E-state index in [4.69, 9.17) is 9.47 Å². The second-order valence-electron chi connectivity index (χ2n) is 7.49. The van der Waals surface area contributed by atoms with Gasteiger partial charge in [-0.1, -0.05) is 43.9 Å². The number of hydrogen-bond donors (Lipinski definition) is 0. The average Bonchev–Trinajstić information content (AvgIpc) is 2.70. The molecule has 30 heavy (non-hydrogen) atoms. The summed E-state index contributed by atoms with van der Waals surface area (Å²) < 4.78 is 76.9. The van der Waals surface area contributed by atoms with Crippen LogP contribution in [0.15, 0.2) is 24.3 Å². The molecule has 1 aliphatic heterocycles. The molecule has 2 nitrogen and oxygen atoms in total. The Bertz CT molecular complexity index is 934. The Morgan fingerprint density at radius 1 is 1.07 bits per heavy atom. The molecule has 0 N–H and O–H groups in total. The summed E-state index contributed by atoms with van der Waals surface area (Å²) in [5, 5.41) is 0.292. The van der Waals surface area contributed by atoms with Crippen LogP contribution in [0, 0.1) is 29.4 Å². The number of rotatable bonds is 6. The molecule has 0 amide bonds. The van der Waals surface area contributed by atoms with E-state index in [0.717, 1.165) is 36.8 Å². The average molecular weight is 426 g/mol. The van der Waals surface area contributed by atoms with Crippen LogP contribution in [-0.2, 0) is 15.9 Å². The van der Waals surface area contributed by atoms with Gasteiger partial charge in [0.05, 0.1) is 18.8 Å². The van der Waals surface area contributed by atoms with Crippen molar-refractivity contribution in [3.63, 3.8) is 0 Å². The van der Waals surface area contributed by atoms with Crippen LogP contribution in [0.2, 0.25) is 0 Å². The standard InChI is InChI=1S/C23H23F5O2/c1-2-3-4-16-13-29-21(30-14-16)8-6-15-5-7-18-17(11-15)12-20(24)19(22(18)25)9-10-23(26,27)28/h5,7,11-12,16,21H,2-4,6,8,13-14H2,1H3. The van der Waals surface area contributed by atoms with E-state index in [-0.39, 0.29) is 17.1 Å². The number of aryl methyl sites for hydroxylation is 1. The Morgan fingerprint density at radius 2 is 1.80 bits per heavy atom. The molecule has 0 atom stereocenters. The van der Waals surface area contributed by atoms with Gasteiger partial charge in [-0.25, -0.2) is 8.78 Å². The van der Waals surface area contributed by atoms with Crippen LogP contribution in [0.4, 0.5) is 22.0 Å². The van der Waals surface area contributed by atoms with Crippen molar-refractivity contribution >= 4 is 10.8 Å². The van der Waals surface area contributed by atoms with Gasteiger partial charge in [0.2, 0.25) is 0 Å². The van der Waals surface area contributed by atoms with Gasteiger partial charge in [0.1, 0.15) is 11.6 Å².